The van der Waals surface area contributed by atoms with Crippen LogP contribution in [0.2, 0.25) is 0 Å². The molecule has 1 aromatic heterocycles. The van der Waals surface area contributed by atoms with Crippen LogP contribution in [0.4, 0.5) is 0 Å². The molecule has 2 aromatic rings. The standard InChI is InChI=1S/C19H19N3O3/c1-24-16-4-2-3-14(9-16)11-19(23)22-8-6-17(13-22)25-18-10-15(12-20)5-7-21-18/h2-5,7,9-10,17H,6,8,11,13H2,1H3. The fourth-order valence-corrected chi connectivity index (χ4v) is 2.83. The van der Waals surface area contributed by atoms with E-state index < -0.39 is 0 Å². The maximum atomic E-state index is 12.5. The highest BCUT2D eigenvalue weighted by molar-refractivity contribution is 5.79. The summed E-state index contributed by atoms with van der Waals surface area (Å²) in [6, 6.07) is 12.8. The second-order valence-electron chi connectivity index (χ2n) is 5.89. The zero-order valence-corrected chi connectivity index (χ0v) is 14.0. The Hall–Kier alpha value is -3.07. The van der Waals surface area contributed by atoms with Crippen LogP contribution in [0.3, 0.4) is 0 Å². The van der Waals surface area contributed by atoms with Crippen LogP contribution in [0, 0.1) is 11.3 Å². The molecule has 1 amide bonds. The van der Waals surface area contributed by atoms with Crippen LogP contribution in [-0.2, 0) is 11.2 Å². The first-order valence-electron chi connectivity index (χ1n) is 8.11. The Morgan fingerprint density at radius 2 is 2.28 bits per heavy atom. The van der Waals surface area contributed by atoms with Crippen molar-refractivity contribution in [2.45, 2.75) is 18.9 Å². The Kier molecular flexibility index (Phi) is 5.14. The van der Waals surface area contributed by atoms with E-state index in [9.17, 15) is 4.79 Å². The number of carbonyl (C=O) groups excluding carboxylic acids is 1. The van der Waals surface area contributed by atoms with Crippen LogP contribution in [0.5, 0.6) is 11.6 Å². The van der Waals surface area contributed by atoms with E-state index in [4.69, 9.17) is 14.7 Å². The van der Waals surface area contributed by atoms with Gasteiger partial charge in [0.1, 0.15) is 11.9 Å². The van der Waals surface area contributed by atoms with Gasteiger partial charge in [0, 0.05) is 25.2 Å². The van der Waals surface area contributed by atoms with Crippen molar-refractivity contribution in [3.8, 4) is 17.7 Å². The predicted octanol–water partition coefficient (Wildman–Crippen LogP) is 2.18. The number of benzene rings is 1. The molecule has 25 heavy (non-hydrogen) atoms. The number of rotatable bonds is 5. The van der Waals surface area contributed by atoms with Crippen LogP contribution < -0.4 is 9.47 Å². The van der Waals surface area contributed by atoms with Gasteiger partial charge in [-0.2, -0.15) is 5.26 Å². The SMILES string of the molecule is COc1cccc(CC(=O)N2CCC(Oc3cc(C#N)ccn3)C2)c1. The van der Waals surface area contributed by atoms with Crippen molar-refractivity contribution in [1.29, 1.82) is 5.26 Å². The van der Waals surface area contributed by atoms with E-state index in [1.54, 1.807) is 30.3 Å². The van der Waals surface area contributed by atoms with Gasteiger partial charge in [-0.1, -0.05) is 12.1 Å². The van der Waals surface area contributed by atoms with E-state index in [1.165, 1.54) is 0 Å². The van der Waals surface area contributed by atoms with Gasteiger partial charge >= 0.3 is 0 Å². The average Bonchev–Trinajstić information content (AvgIpc) is 3.10. The molecule has 0 aliphatic carbocycles. The minimum atomic E-state index is -0.101. The van der Waals surface area contributed by atoms with Gasteiger partial charge in [0.15, 0.2) is 0 Å². The zero-order valence-electron chi connectivity index (χ0n) is 14.0. The number of hydrogen-bond donors (Lipinski definition) is 0. The summed E-state index contributed by atoms with van der Waals surface area (Å²) in [6.45, 7) is 1.19. The Balaban J connectivity index is 1.56. The van der Waals surface area contributed by atoms with Crippen LogP contribution >= 0.6 is 0 Å². The van der Waals surface area contributed by atoms with Gasteiger partial charge in [-0.3, -0.25) is 4.79 Å². The Labute approximate surface area is 146 Å². The first-order chi connectivity index (χ1) is 12.2. The molecule has 1 fully saturated rings. The lowest BCUT2D eigenvalue weighted by Gasteiger charge is -2.17. The van der Waals surface area contributed by atoms with E-state index in [0.29, 0.717) is 31.0 Å². The number of pyridine rings is 1. The lowest BCUT2D eigenvalue weighted by atomic mass is 10.1. The maximum Gasteiger partial charge on any atom is 0.227 e. The van der Waals surface area contributed by atoms with E-state index >= 15 is 0 Å². The summed E-state index contributed by atoms with van der Waals surface area (Å²) in [6.07, 6.45) is 2.54. The predicted molar refractivity (Wildman–Crippen MR) is 91.3 cm³/mol. The van der Waals surface area contributed by atoms with Crippen molar-refractivity contribution in [2.75, 3.05) is 20.2 Å². The van der Waals surface area contributed by atoms with Crippen molar-refractivity contribution in [3.63, 3.8) is 0 Å². The van der Waals surface area contributed by atoms with Gasteiger partial charge in [-0.25, -0.2) is 4.98 Å². The van der Waals surface area contributed by atoms with Crippen molar-refractivity contribution < 1.29 is 14.3 Å². The quantitative estimate of drug-likeness (QED) is 0.836. The molecular formula is C19H19N3O3. The first kappa shape index (κ1) is 16.8. The molecule has 1 aliphatic rings. The minimum Gasteiger partial charge on any atom is -0.497 e. The third-order valence-electron chi connectivity index (χ3n) is 4.14. The molecule has 1 unspecified atom stereocenters. The molecule has 0 N–H and O–H groups in total. The third kappa shape index (κ3) is 4.27. The minimum absolute atomic E-state index is 0.0677. The van der Waals surface area contributed by atoms with Crippen molar-refractivity contribution >= 4 is 5.91 Å². The molecule has 0 spiro atoms. The molecule has 0 bridgehead atoms. The van der Waals surface area contributed by atoms with Gasteiger partial charge in [0.25, 0.3) is 0 Å². The fraction of sp³-hybridized carbons (Fsp3) is 0.316. The van der Waals surface area contributed by atoms with Crippen LogP contribution in [0.15, 0.2) is 42.6 Å². The number of aromatic nitrogens is 1. The van der Waals surface area contributed by atoms with E-state index in [1.807, 2.05) is 24.3 Å². The number of nitriles is 1. The monoisotopic (exact) mass is 337 g/mol. The highest BCUT2D eigenvalue weighted by atomic mass is 16.5. The molecule has 128 valence electrons. The second kappa shape index (κ2) is 7.67. The van der Waals surface area contributed by atoms with Crippen molar-refractivity contribution in [3.05, 3.63) is 53.7 Å². The summed E-state index contributed by atoms with van der Waals surface area (Å²) < 4.78 is 11.0. The van der Waals surface area contributed by atoms with Gasteiger partial charge in [-0.15, -0.1) is 0 Å². The Morgan fingerprint density at radius 3 is 3.08 bits per heavy atom. The van der Waals surface area contributed by atoms with Crippen molar-refractivity contribution in [1.82, 2.24) is 9.88 Å². The summed E-state index contributed by atoms with van der Waals surface area (Å²) in [4.78, 5) is 18.4. The average molecular weight is 337 g/mol. The molecule has 3 rings (SSSR count). The van der Waals surface area contributed by atoms with E-state index in [0.717, 1.165) is 17.7 Å². The van der Waals surface area contributed by atoms with E-state index in [2.05, 4.69) is 11.1 Å². The van der Waals surface area contributed by atoms with Gasteiger partial charge < -0.3 is 14.4 Å². The zero-order chi connectivity index (χ0) is 17.6. The topological polar surface area (TPSA) is 75.4 Å². The molecule has 6 nitrogen and oxygen atoms in total. The maximum absolute atomic E-state index is 12.5. The second-order valence-corrected chi connectivity index (χ2v) is 5.89. The number of hydrogen-bond acceptors (Lipinski definition) is 5. The van der Waals surface area contributed by atoms with Crippen molar-refractivity contribution in [2.24, 2.45) is 0 Å². The third-order valence-corrected chi connectivity index (χ3v) is 4.14. The summed E-state index contributed by atoms with van der Waals surface area (Å²) in [5.74, 6) is 1.24. The molecule has 2 heterocycles. The lowest BCUT2D eigenvalue weighted by molar-refractivity contribution is -0.129. The molecule has 0 radical (unpaired) electrons. The molecule has 6 heteroatoms. The van der Waals surface area contributed by atoms with E-state index in [-0.39, 0.29) is 12.0 Å². The summed E-state index contributed by atoms with van der Waals surface area (Å²) in [5, 5.41) is 8.92. The molecule has 1 aromatic carbocycles. The molecule has 1 saturated heterocycles. The van der Waals surface area contributed by atoms with Crippen LogP contribution in [0.1, 0.15) is 17.5 Å². The highest BCUT2D eigenvalue weighted by Crippen LogP contribution is 2.19. The number of nitrogens with zero attached hydrogens (tertiary/aromatic N) is 3. The van der Waals surface area contributed by atoms with Crippen LogP contribution in [0.25, 0.3) is 0 Å². The fourth-order valence-electron chi connectivity index (χ4n) is 2.83. The molecule has 1 atom stereocenters. The first-order valence-corrected chi connectivity index (χ1v) is 8.11. The smallest absolute Gasteiger partial charge is 0.227 e. The normalized spacial score (nSPS) is 16.3. The van der Waals surface area contributed by atoms with Crippen LogP contribution in [-0.4, -0.2) is 42.1 Å². The highest BCUT2D eigenvalue weighted by Gasteiger charge is 2.27. The Bertz CT molecular complexity index is 800. The molecule has 0 saturated carbocycles. The van der Waals surface area contributed by atoms with Gasteiger partial charge in [-0.05, 0) is 23.8 Å². The summed E-state index contributed by atoms with van der Waals surface area (Å²) >= 11 is 0. The molecule has 1 aliphatic heterocycles. The summed E-state index contributed by atoms with van der Waals surface area (Å²) in [5.41, 5.74) is 1.44. The number of likely N-dealkylation sites (tertiary alicyclic amines) is 1. The Morgan fingerprint density at radius 1 is 1.40 bits per heavy atom. The number of amides is 1. The number of ether oxygens (including phenoxy) is 2. The number of methoxy groups -OCH3 is 1. The van der Waals surface area contributed by atoms with Gasteiger partial charge in [0.05, 0.1) is 31.7 Å². The largest absolute Gasteiger partial charge is 0.497 e. The number of carbonyl (C=O) groups is 1. The van der Waals surface area contributed by atoms with Gasteiger partial charge in [0.2, 0.25) is 11.8 Å². The molecular weight excluding hydrogens is 318 g/mol. The lowest BCUT2D eigenvalue weighted by Crippen LogP contribution is -2.32. The summed E-state index contributed by atoms with van der Waals surface area (Å²) in [7, 11) is 1.61.